The summed E-state index contributed by atoms with van der Waals surface area (Å²) in [5.74, 6) is 1.00. The third-order valence-electron chi connectivity index (χ3n) is 3.31. The van der Waals surface area contributed by atoms with Gasteiger partial charge in [0.15, 0.2) is 0 Å². The van der Waals surface area contributed by atoms with Crippen molar-refractivity contribution in [1.82, 2.24) is 0 Å². The van der Waals surface area contributed by atoms with Crippen LogP contribution < -0.4 is 0 Å². The standard InChI is InChI=1S/C14H18N2.C2H6/c1-10-9-11(2)15-16-14(12(10)3)13-7-5-4-6-8-13;1-2/h4-10,12,14H,1-3H3;1-2H3. The van der Waals surface area contributed by atoms with Gasteiger partial charge in [0.2, 0.25) is 0 Å². The Morgan fingerprint density at radius 3 is 2.22 bits per heavy atom. The second kappa shape index (κ2) is 7.10. The van der Waals surface area contributed by atoms with Gasteiger partial charge in [0.05, 0.1) is 11.7 Å². The van der Waals surface area contributed by atoms with Crippen molar-refractivity contribution in [2.75, 3.05) is 0 Å². The summed E-state index contributed by atoms with van der Waals surface area (Å²) in [6.45, 7) is 10.5. The molecule has 0 amide bonds. The highest BCUT2D eigenvalue weighted by Crippen LogP contribution is 2.35. The molecule has 2 nitrogen and oxygen atoms in total. The summed E-state index contributed by atoms with van der Waals surface area (Å²) >= 11 is 0. The number of allylic oxidation sites excluding steroid dienone is 2. The fourth-order valence-electron chi connectivity index (χ4n) is 2.13. The lowest BCUT2D eigenvalue weighted by molar-refractivity contribution is 0.382. The molecule has 3 unspecified atom stereocenters. The maximum atomic E-state index is 4.46. The number of hydrogen-bond acceptors (Lipinski definition) is 2. The van der Waals surface area contributed by atoms with Crippen molar-refractivity contribution in [2.24, 2.45) is 22.1 Å². The topological polar surface area (TPSA) is 24.7 Å². The molecule has 0 aliphatic carbocycles. The average molecular weight is 244 g/mol. The van der Waals surface area contributed by atoms with Gasteiger partial charge in [0.25, 0.3) is 0 Å². The van der Waals surface area contributed by atoms with Crippen LogP contribution in [-0.4, -0.2) is 0 Å². The van der Waals surface area contributed by atoms with Crippen molar-refractivity contribution in [1.29, 1.82) is 0 Å². The molecule has 2 rings (SSSR count). The summed E-state index contributed by atoms with van der Waals surface area (Å²) < 4.78 is 0. The monoisotopic (exact) mass is 244 g/mol. The van der Waals surface area contributed by atoms with E-state index in [1.807, 2.05) is 26.8 Å². The van der Waals surface area contributed by atoms with Gasteiger partial charge in [-0.2, -0.15) is 10.2 Å². The fraction of sp³-hybridized carbons (Fsp3) is 0.500. The van der Waals surface area contributed by atoms with Gasteiger partial charge in [-0.25, -0.2) is 0 Å². The van der Waals surface area contributed by atoms with E-state index in [4.69, 9.17) is 0 Å². The van der Waals surface area contributed by atoms with Crippen molar-refractivity contribution in [3.63, 3.8) is 0 Å². The van der Waals surface area contributed by atoms with Gasteiger partial charge in [-0.3, -0.25) is 0 Å². The van der Waals surface area contributed by atoms with Crippen LogP contribution in [0.15, 0.2) is 52.3 Å². The lowest BCUT2D eigenvalue weighted by Crippen LogP contribution is -2.13. The molecule has 0 spiro atoms. The molecule has 0 N–H and O–H groups in total. The van der Waals surface area contributed by atoms with Crippen LogP contribution >= 0.6 is 0 Å². The van der Waals surface area contributed by atoms with Crippen LogP contribution in [0.25, 0.3) is 0 Å². The van der Waals surface area contributed by atoms with Crippen LogP contribution in [0, 0.1) is 11.8 Å². The molecule has 1 aliphatic rings. The van der Waals surface area contributed by atoms with Gasteiger partial charge in [0, 0.05) is 0 Å². The third-order valence-corrected chi connectivity index (χ3v) is 3.31. The van der Waals surface area contributed by atoms with Crippen molar-refractivity contribution in [2.45, 2.75) is 40.7 Å². The maximum absolute atomic E-state index is 4.46. The first-order chi connectivity index (χ1) is 8.68. The molecule has 1 aliphatic heterocycles. The van der Waals surface area contributed by atoms with E-state index >= 15 is 0 Å². The second-order valence-corrected chi connectivity index (χ2v) is 4.60. The molecular formula is C16H24N2. The van der Waals surface area contributed by atoms with Crippen LogP contribution in [0.3, 0.4) is 0 Å². The van der Waals surface area contributed by atoms with Gasteiger partial charge >= 0.3 is 0 Å². The average Bonchev–Trinajstić information content (AvgIpc) is 2.53. The van der Waals surface area contributed by atoms with E-state index < -0.39 is 0 Å². The van der Waals surface area contributed by atoms with Crippen LogP contribution in [0.2, 0.25) is 0 Å². The summed E-state index contributed by atoms with van der Waals surface area (Å²) in [6.07, 6.45) is 2.21. The maximum Gasteiger partial charge on any atom is 0.0992 e. The minimum Gasteiger partial charge on any atom is -0.181 e. The van der Waals surface area contributed by atoms with Crippen molar-refractivity contribution in [3.8, 4) is 0 Å². The fourth-order valence-corrected chi connectivity index (χ4v) is 2.13. The van der Waals surface area contributed by atoms with Crippen LogP contribution in [0.5, 0.6) is 0 Å². The zero-order valence-electron chi connectivity index (χ0n) is 12.1. The molecule has 18 heavy (non-hydrogen) atoms. The van der Waals surface area contributed by atoms with Gasteiger partial charge in [-0.15, -0.1) is 0 Å². The number of benzene rings is 1. The third kappa shape index (κ3) is 3.52. The number of nitrogens with zero attached hydrogens (tertiary/aromatic N) is 2. The van der Waals surface area contributed by atoms with Crippen LogP contribution in [0.4, 0.5) is 0 Å². The van der Waals surface area contributed by atoms with E-state index in [-0.39, 0.29) is 6.04 Å². The molecular weight excluding hydrogens is 220 g/mol. The van der Waals surface area contributed by atoms with E-state index in [9.17, 15) is 0 Å². The lowest BCUT2D eigenvalue weighted by atomic mass is 9.85. The summed E-state index contributed by atoms with van der Waals surface area (Å²) in [6, 6.07) is 10.6. The summed E-state index contributed by atoms with van der Waals surface area (Å²) in [5, 5.41) is 8.73. The normalized spacial score (nSPS) is 26.7. The smallest absolute Gasteiger partial charge is 0.0992 e. The Labute approximate surface area is 111 Å². The van der Waals surface area contributed by atoms with E-state index in [0.717, 1.165) is 5.70 Å². The minimum atomic E-state index is 0.185. The molecule has 3 atom stereocenters. The first-order valence-corrected chi connectivity index (χ1v) is 6.82. The van der Waals surface area contributed by atoms with Crippen LogP contribution in [-0.2, 0) is 0 Å². The van der Waals surface area contributed by atoms with Gasteiger partial charge in [0.1, 0.15) is 0 Å². The quantitative estimate of drug-likeness (QED) is 0.632. The predicted molar refractivity (Wildman–Crippen MR) is 77.5 cm³/mol. The molecule has 0 fully saturated rings. The number of azo groups is 1. The summed E-state index contributed by atoms with van der Waals surface area (Å²) in [5.41, 5.74) is 2.28. The molecule has 0 bridgehead atoms. The number of hydrogen-bond donors (Lipinski definition) is 0. The minimum absolute atomic E-state index is 0.185. The molecule has 0 radical (unpaired) electrons. The van der Waals surface area contributed by atoms with E-state index in [2.05, 4.69) is 54.4 Å². The zero-order chi connectivity index (χ0) is 13.5. The summed E-state index contributed by atoms with van der Waals surface area (Å²) in [7, 11) is 0. The molecule has 2 heteroatoms. The Hall–Kier alpha value is -1.44. The van der Waals surface area contributed by atoms with Gasteiger partial charge < -0.3 is 0 Å². The molecule has 0 saturated heterocycles. The van der Waals surface area contributed by atoms with Crippen molar-refractivity contribution < 1.29 is 0 Å². The highest BCUT2D eigenvalue weighted by atomic mass is 15.1. The summed E-state index contributed by atoms with van der Waals surface area (Å²) in [4.78, 5) is 0. The Balaban J connectivity index is 0.000000771. The molecule has 98 valence electrons. The Kier molecular flexibility index (Phi) is 5.76. The zero-order valence-corrected chi connectivity index (χ0v) is 12.1. The van der Waals surface area contributed by atoms with E-state index in [0.29, 0.717) is 11.8 Å². The van der Waals surface area contributed by atoms with Crippen LogP contribution in [0.1, 0.15) is 46.2 Å². The Bertz CT molecular complexity index is 406. The highest BCUT2D eigenvalue weighted by Gasteiger charge is 2.24. The molecule has 1 aromatic rings. The second-order valence-electron chi connectivity index (χ2n) is 4.60. The molecule has 0 saturated carbocycles. The van der Waals surface area contributed by atoms with E-state index in [1.54, 1.807) is 0 Å². The first kappa shape index (κ1) is 14.6. The van der Waals surface area contributed by atoms with Crippen molar-refractivity contribution in [3.05, 3.63) is 47.7 Å². The van der Waals surface area contributed by atoms with Gasteiger partial charge in [-0.1, -0.05) is 64.1 Å². The predicted octanol–water partition coefficient (Wildman–Crippen LogP) is 5.40. The molecule has 1 aromatic carbocycles. The van der Waals surface area contributed by atoms with Crippen molar-refractivity contribution >= 4 is 0 Å². The molecule has 0 aromatic heterocycles. The van der Waals surface area contributed by atoms with E-state index in [1.165, 1.54) is 5.56 Å². The lowest BCUT2D eigenvalue weighted by Gasteiger charge is -2.21. The SMILES string of the molecule is CC.CC1=CC(C)C(C)C(c2ccccc2)N=N1. The first-order valence-electron chi connectivity index (χ1n) is 6.82. The largest absolute Gasteiger partial charge is 0.181 e. The number of rotatable bonds is 1. The Morgan fingerprint density at radius 2 is 1.61 bits per heavy atom. The van der Waals surface area contributed by atoms with Gasteiger partial charge in [-0.05, 0) is 24.3 Å². The molecule has 1 heterocycles. The Morgan fingerprint density at radius 1 is 1.00 bits per heavy atom. The highest BCUT2D eigenvalue weighted by molar-refractivity contribution is 5.21.